The van der Waals surface area contributed by atoms with Crippen LogP contribution in [0.25, 0.3) is 5.69 Å². The van der Waals surface area contributed by atoms with Crippen molar-refractivity contribution in [3.63, 3.8) is 0 Å². The minimum atomic E-state index is -0.535. The number of piperidine rings is 1. The largest absolute Gasteiger partial charge is 0.486 e. The fraction of sp³-hybridized carbons (Fsp3) is 0.250. The zero-order valence-corrected chi connectivity index (χ0v) is 17.1. The Morgan fingerprint density at radius 3 is 2.40 bits per heavy atom. The quantitative estimate of drug-likeness (QED) is 0.600. The Hall–Kier alpha value is -3.05. The first kappa shape index (κ1) is 18.9. The van der Waals surface area contributed by atoms with Crippen LogP contribution in [0.15, 0.2) is 67.0 Å². The van der Waals surface area contributed by atoms with Gasteiger partial charge < -0.3 is 14.2 Å². The topological polar surface area (TPSA) is 51.5 Å². The number of fused-ring (bicyclic) bond motifs is 1. The molecule has 3 aromatic rings. The molecule has 1 amide bonds. The molecule has 0 N–H and O–H groups in total. The number of amides is 1. The fourth-order valence-corrected chi connectivity index (χ4v) is 4.50. The third-order valence-electron chi connectivity index (χ3n) is 6.03. The van der Waals surface area contributed by atoms with Gasteiger partial charge in [-0.25, -0.2) is 0 Å². The SMILES string of the molecule is O=C1CC2(CCN(C(=O)c3ccc(-n4cccc4)cc3)CC2)Oc2ccc(Cl)cc21. The smallest absolute Gasteiger partial charge is 0.253 e. The molecule has 2 aliphatic heterocycles. The lowest BCUT2D eigenvalue weighted by atomic mass is 9.82. The Morgan fingerprint density at radius 2 is 1.70 bits per heavy atom. The molecule has 0 aliphatic carbocycles. The maximum absolute atomic E-state index is 13.0. The Kier molecular flexibility index (Phi) is 4.63. The van der Waals surface area contributed by atoms with Crippen molar-refractivity contribution in [1.29, 1.82) is 0 Å². The summed E-state index contributed by atoms with van der Waals surface area (Å²) in [5, 5.41) is 0.532. The van der Waals surface area contributed by atoms with E-state index in [1.54, 1.807) is 18.2 Å². The maximum Gasteiger partial charge on any atom is 0.253 e. The summed E-state index contributed by atoms with van der Waals surface area (Å²) in [6, 6.07) is 16.7. The molecule has 0 saturated carbocycles. The number of hydrogen-bond donors (Lipinski definition) is 0. The molecular weight excluding hydrogens is 400 g/mol. The lowest BCUT2D eigenvalue weighted by molar-refractivity contribution is -0.00570. The van der Waals surface area contributed by atoms with Crippen molar-refractivity contribution in [2.24, 2.45) is 0 Å². The van der Waals surface area contributed by atoms with Crippen LogP contribution < -0.4 is 4.74 Å². The van der Waals surface area contributed by atoms with Gasteiger partial charge in [-0.1, -0.05) is 11.6 Å². The first-order chi connectivity index (χ1) is 14.5. The van der Waals surface area contributed by atoms with Gasteiger partial charge in [0.15, 0.2) is 5.78 Å². The maximum atomic E-state index is 13.0. The van der Waals surface area contributed by atoms with Crippen LogP contribution in [-0.4, -0.2) is 39.8 Å². The molecule has 2 aromatic carbocycles. The van der Waals surface area contributed by atoms with Crippen LogP contribution >= 0.6 is 11.6 Å². The van der Waals surface area contributed by atoms with E-state index >= 15 is 0 Å². The summed E-state index contributed by atoms with van der Waals surface area (Å²) >= 11 is 6.02. The van der Waals surface area contributed by atoms with Gasteiger partial charge in [0.05, 0.1) is 12.0 Å². The van der Waals surface area contributed by atoms with E-state index in [9.17, 15) is 9.59 Å². The Labute approximate surface area is 179 Å². The second-order valence-corrected chi connectivity index (χ2v) is 8.39. The van der Waals surface area contributed by atoms with Gasteiger partial charge in [0, 0.05) is 54.6 Å². The van der Waals surface area contributed by atoms with Crippen molar-refractivity contribution < 1.29 is 14.3 Å². The second kappa shape index (κ2) is 7.33. The van der Waals surface area contributed by atoms with E-state index in [-0.39, 0.29) is 11.7 Å². The molecule has 0 bridgehead atoms. The third-order valence-corrected chi connectivity index (χ3v) is 6.27. The van der Waals surface area contributed by atoms with Gasteiger partial charge in [-0.05, 0) is 54.6 Å². The molecule has 152 valence electrons. The number of hydrogen-bond acceptors (Lipinski definition) is 3. The van der Waals surface area contributed by atoms with Gasteiger partial charge in [0.2, 0.25) is 0 Å². The van der Waals surface area contributed by atoms with E-state index in [2.05, 4.69) is 0 Å². The van der Waals surface area contributed by atoms with Crippen LogP contribution in [0.4, 0.5) is 0 Å². The highest BCUT2D eigenvalue weighted by molar-refractivity contribution is 6.31. The van der Waals surface area contributed by atoms with Crippen LogP contribution in [0.5, 0.6) is 5.75 Å². The molecule has 0 radical (unpaired) electrons. The minimum Gasteiger partial charge on any atom is -0.486 e. The van der Waals surface area contributed by atoms with Crippen molar-refractivity contribution in [3.8, 4) is 11.4 Å². The molecule has 0 unspecified atom stereocenters. The van der Waals surface area contributed by atoms with Crippen molar-refractivity contribution in [2.75, 3.05) is 13.1 Å². The summed E-state index contributed by atoms with van der Waals surface area (Å²) in [5.41, 5.74) is 1.70. The molecule has 1 aromatic heterocycles. The number of ether oxygens (including phenoxy) is 1. The molecule has 30 heavy (non-hydrogen) atoms. The van der Waals surface area contributed by atoms with Crippen LogP contribution in [0, 0.1) is 0 Å². The van der Waals surface area contributed by atoms with E-state index < -0.39 is 5.60 Å². The van der Waals surface area contributed by atoms with E-state index in [1.165, 1.54) is 0 Å². The molecule has 3 heterocycles. The number of rotatable bonds is 2. The number of carbonyl (C=O) groups is 2. The van der Waals surface area contributed by atoms with Crippen LogP contribution in [0.3, 0.4) is 0 Å². The summed E-state index contributed by atoms with van der Waals surface area (Å²) in [4.78, 5) is 27.5. The van der Waals surface area contributed by atoms with E-state index in [0.29, 0.717) is 54.3 Å². The monoisotopic (exact) mass is 420 g/mol. The molecule has 2 aliphatic rings. The number of Topliss-reactive ketones (excluding diaryl/α,β-unsaturated/α-hetero) is 1. The number of aromatic nitrogens is 1. The van der Waals surface area contributed by atoms with Gasteiger partial charge in [0.25, 0.3) is 5.91 Å². The van der Waals surface area contributed by atoms with Gasteiger partial charge in [-0.15, -0.1) is 0 Å². The second-order valence-electron chi connectivity index (χ2n) is 7.95. The normalized spacial score (nSPS) is 17.5. The molecule has 5 rings (SSSR count). The summed E-state index contributed by atoms with van der Waals surface area (Å²) in [6.45, 7) is 1.13. The Bertz CT molecular complexity index is 1100. The van der Waals surface area contributed by atoms with Crippen LogP contribution in [-0.2, 0) is 0 Å². The van der Waals surface area contributed by atoms with Gasteiger partial charge in [-0.3, -0.25) is 9.59 Å². The van der Waals surface area contributed by atoms with Crippen molar-refractivity contribution in [1.82, 2.24) is 9.47 Å². The minimum absolute atomic E-state index is 0.0122. The van der Waals surface area contributed by atoms with Gasteiger partial charge in [-0.2, -0.15) is 0 Å². The van der Waals surface area contributed by atoms with Gasteiger partial charge in [0.1, 0.15) is 11.4 Å². The van der Waals surface area contributed by atoms with E-state index in [1.807, 2.05) is 58.3 Å². The molecule has 1 spiro atoms. The molecular formula is C24H21ClN2O3. The van der Waals surface area contributed by atoms with Crippen molar-refractivity contribution in [3.05, 3.63) is 83.1 Å². The highest BCUT2D eigenvalue weighted by Crippen LogP contribution is 2.40. The predicted octanol–water partition coefficient (Wildman–Crippen LogP) is 4.77. The predicted molar refractivity (Wildman–Crippen MR) is 115 cm³/mol. The van der Waals surface area contributed by atoms with E-state index in [4.69, 9.17) is 16.3 Å². The molecule has 5 nitrogen and oxygen atoms in total. The number of halogens is 1. The summed E-state index contributed by atoms with van der Waals surface area (Å²) in [6.07, 6.45) is 5.53. The third kappa shape index (κ3) is 3.39. The Morgan fingerprint density at radius 1 is 1.00 bits per heavy atom. The van der Waals surface area contributed by atoms with E-state index in [0.717, 1.165) is 5.69 Å². The standard InChI is InChI=1S/C24H21ClN2O3/c25-18-5-8-22-20(15-18)21(28)16-24(30-22)9-13-27(14-10-24)23(29)17-3-6-19(7-4-17)26-11-1-2-12-26/h1-8,11-12,15H,9-10,13-14,16H2. The first-order valence-corrected chi connectivity index (χ1v) is 10.5. The van der Waals surface area contributed by atoms with Gasteiger partial charge >= 0.3 is 0 Å². The summed E-state index contributed by atoms with van der Waals surface area (Å²) in [5.74, 6) is 0.661. The van der Waals surface area contributed by atoms with Crippen molar-refractivity contribution in [2.45, 2.75) is 24.9 Å². The first-order valence-electron chi connectivity index (χ1n) is 10.1. The number of benzene rings is 2. The molecule has 1 saturated heterocycles. The number of likely N-dealkylation sites (tertiary alicyclic amines) is 1. The molecule has 1 fully saturated rings. The zero-order chi connectivity index (χ0) is 20.7. The Balaban J connectivity index is 1.27. The van der Waals surface area contributed by atoms with Crippen LogP contribution in [0.1, 0.15) is 40.0 Å². The lowest BCUT2D eigenvalue weighted by Gasteiger charge is -2.44. The highest BCUT2D eigenvalue weighted by Gasteiger charge is 2.43. The fourth-order valence-electron chi connectivity index (χ4n) is 4.33. The number of carbonyl (C=O) groups excluding carboxylic acids is 2. The molecule has 6 heteroatoms. The number of ketones is 1. The summed E-state index contributed by atoms with van der Waals surface area (Å²) in [7, 11) is 0. The van der Waals surface area contributed by atoms with Crippen molar-refractivity contribution >= 4 is 23.3 Å². The average Bonchev–Trinajstić information content (AvgIpc) is 3.30. The molecule has 0 atom stereocenters. The highest BCUT2D eigenvalue weighted by atomic mass is 35.5. The summed E-state index contributed by atoms with van der Waals surface area (Å²) < 4.78 is 8.26. The van der Waals surface area contributed by atoms with Crippen LogP contribution in [0.2, 0.25) is 5.02 Å². The lowest BCUT2D eigenvalue weighted by Crippen LogP contribution is -2.52. The number of nitrogens with zero attached hydrogens (tertiary/aromatic N) is 2. The zero-order valence-electron chi connectivity index (χ0n) is 16.4. The average molecular weight is 421 g/mol.